The lowest BCUT2D eigenvalue weighted by Crippen LogP contribution is -2.28. The first-order valence-corrected chi connectivity index (χ1v) is 6.88. The third-order valence-corrected chi connectivity index (χ3v) is 3.66. The number of aliphatic carboxylic acids is 2. The normalized spacial score (nSPS) is 10.9. The monoisotopic (exact) mass is 289 g/mol. The number of carboxylic acids is 2. The van der Waals surface area contributed by atoms with Crippen LogP contribution in [0.2, 0.25) is 0 Å². The second kappa shape index (κ2) is 7.44. The van der Waals surface area contributed by atoms with E-state index in [0.29, 0.717) is 6.42 Å². The van der Waals surface area contributed by atoms with Gasteiger partial charge in [-0.3, -0.25) is 9.59 Å². The molecule has 21 heavy (non-hydrogen) atoms. The van der Waals surface area contributed by atoms with Crippen LogP contribution in [0.3, 0.4) is 0 Å². The van der Waals surface area contributed by atoms with E-state index in [2.05, 4.69) is 6.07 Å². The Kier molecular flexibility index (Phi) is 5.92. The fourth-order valence-electron chi connectivity index (χ4n) is 2.50. The summed E-state index contributed by atoms with van der Waals surface area (Å²) in [6.45, 7) is 1.95. The highest BCUT2D eigenvalue weighted by Crippen LogP contribution is 2.36. The summed E-state index contributed by atoms with van der Waals surface area (Å²) in [5, 5.41) is 27.4. The van der Waals surface area contributed by atoms with Crippen LogP contribution in [-0.4, -0.2) is 22.2 Å². The van der Waals surface area contributed by atoms with Gasteiger partial charge < -0.3 is 10.2 Å². The molecule has 0 heterocycles. The fraction of sp³-hybridized carbons (Fsp3) is 0.438. The molecule has 0 radical (unpaired) electrons. The number of hydrogen-bond acceptors (Lipinski definition) is 3. The Morgan fingerprint density at radius 2 is 1.67 bits per heavy atom. The molecule has 0 saturated heterocycles. The summed E-state index contributed by atoms with van der Waals surface area (Å²) in [5.74, 6) is -1.97. The van der Waals surface area contributed by atoms with Crippen LogP contribution in [0.5, 0.6) is 0 Å². The summed E-state index contributed by atoms with van der Waals surface area (Å²) in [6, 6.07) is 9.53. The predicted molar refractivity (Wildman–Crippen MR) is 76.9 cm³/mol. The zero-order chi connectivity index (χ0) is 15.9. The molecule has 0 aliphatic heterocycles. The van der Waals surface area contributed by atoms with Crippen molar-refractivity contribution in [3.05, 3.63) is 35.4 Å². The van der Waals surface area contributed by atoms with E-state index in [1.165, 1.54) is 0 Å². The van der Waals surface area contributed by atoms with E-state index in [1.807, 2.05) is 19.1 Å². The van der Waals surface area contributed by atoms with E-state index in [1.54, 1.807) is 12.1 Å². The minimum absolute atomic E-state index is 0.114. The number of nitrogens with zero attached hydrogens (tertiary/aromatic N) is 1. The first-order chi connectivity index (χ1) is 9.95. The van der Waals surface area contributed by atoms with E-state index in [-0.39, 0.29) is 25.7 Å². The number of hydrogen-bond donors (Lipinski definition) is 2. The summed E-state index contributed by atoms with van der Waals surface area (Å²) in [7, 11) is 0. The smallest absolute Gasteiger partial charge is 0.303 e. The first-order valence-electron chi connectivity index (χ1n) is 6.88. The second-order valence-electron chi connectivity index (χ2n) is 4.99. The van der Waals surface area contributed by atoms with Crippen LogP contribution in [0.4, 0.5) is 0 Å². The number of nitriles is 1. The molecule has 0 bridgehead atoms. The topological polar surface area (TPSA) is 98.4 Å². The predicted octanol–water partition coefficient (Wildman–Crippen LogP) is 2.74. The highest BCUT2D eigenvalue weighted by Gasteiger charge is 2.34. The highest BCUT2D eigenvalue weighted by atomic mass is 16.4. The highest BCUT2D eigenvalue weighted by molar-refractivity contribution is 5.68. The Morgan fingerprint density at radius 3 is 2.10 bits per heavy atom. The molecule has 0 saturated carbocycles. The molecule has 112 valence electrons. The summed E-state index contributed by atoms with van der Waals surface area (Å²) in [6.07, 6.45) is 0.614. The molecule has 0 aromatic heterocycles. The van der Waals surface area contributed by atoms with Crippen LogP contribution in [0.25, 0.3) is 0 Å². The Morgan fingerprint density at radius 1 is 1.14 bits per heavy atom. The molecule has 0 fully saturated rings. The summed E-state index contributed by atoms with van der Waals surface area (Å²) < 4.78 is 0. The van der Waals surface area contributed by atoms with Crippen molar-refractivity contribution in [2.45, 2.75) is 44.4 Å². The van der Waals surface area contributed by atoms with Crippen molar-refractivity contribution in [2.24, 2.45) is 0 Å². The van der Waals surface area contributed by atoms with Gasteiger partial charge in [-0.2, -0.15) is 5.26 Å². The standard InChI is InChI=1S/C16H19NO4/c1-2-12-5-3-4-6-13(12)16(11-17,9-7-14(18)19)10-8-15(20)21/h3-6H,2,7-10H2,1H3,(H,18,19)(H,20,21). The quantitative estimate of drug-likeness (QED) is 0.766. The zero-order valence-electron chi connectivity index (χ0n) is 12.0. The number of aryl methyl sites for hydroxylation is 1. The molecule has 5 nitrogen and oxygen atoms in total. The molecule has 5 heteroatoms. The molecule has 0 aliphatic carbocycles. The number of benzene rings is 1. The Labute approximate surface area is 123 Å². The van der Waals surface area contributed by atoms with Gasteiger partial charge in [-0.15, -0.1) is 0 Å². The van der Waals surface area contributed by atoms with Crippen LogP contribution in [0, 0.1) is 11.3 Å². The number of rotatable bonds is 8. The van der Waals surface area contributed by atoms with Gasteiger partial charge in [-0.05, 0) is 30.4 Å². The van der Waals surface area contributed by atoms with Crippen molar-refractivity contribution >= 4 is 11.9 Å². The maximum atomic E-state index is 10.9. The van der Waals surface area contributed by atoms with Gasteiger partial charge in [0, 0.05) is 12.8 Å². The maximum absolute atomic E-state index is 10.9. The van der Waals surface area contributed by atoms with Crippen molar-refractivity contribution in [1.82, 2.24) is 0 Å². The molecule has 2 N–H and O–H groups in total. The van der Waals surface area contributed by atoms with Crippen LogP contribution >= 0.6 is 0 Å². The Balaban J connectivity index is 3.23. The van der Waals surface area contributed by atoms with Gasteiger partial charge in [0.05, 0.1) is 11.5 Å². The lowest BCUT2D eigenvalue weighted by atomic mass is 9.72. The number of carboxylic acid groups (broad SMARTS) is 2. The second-order valence-corrected chi connectivity index (χ2v) is 4.99. The van der Waals surface area contributed by atoms with Crippen LogP contribution in [0.1, 0.15) is 43.7 Å². The van der Waals surface area contributed by atoms with Gasteiger partial charge in [0.2, 0.25) is 0 Å². The van der Waals surface area contributed by atoms with Crippen molar-refractivity contribution in [3.8, 4) is 6.07 Å². The SMILES string of the molecule is CCc1ccccc1C(C#N)(CCC(=O)O)CCC(=O)O. The largest absolute Gasteiger partial charge is 0.481 e. The molecule has 0 aliphatic rings. The third kappa shape index (κ3) is 4.32. The summed E-state index contributed by atoms with van der Waals surface area (Å²) in [5.41, 5.74) is 0.635. The van der Waals surface area contributed by atoms with Crippen LogP contribution in [-0.2, 0) is 21.4 Å². The van der Waals surface area contributed by atoms with E-state index in [4.69, 9.17) is 10.2 Å². The fourth-order valence-corrected chi connectivity index (χ4v) is 2.50. The third-order valence-electron chi connectivity index (χ3n) is 3.66. The number of carbonyl (C=O) groups is 2. The van der Waals surface area contributed by atoms with Gasteiger partial charge in [0.25, 0.3) is 0 Å². The molecule has 0 atom stereocenters. The van der Waals surface area contributed by atoms with Crippen LogP contribution < -0.4 is 0 Å². The summed E-state index contributed by atoms with van der Waals surface area (Å²) in [4.78, 5) is 21.7. The van der Waals surface area contributed by atoms with Crippen molar-refractivity contribution in [2.75, 3.05) is 0 Å². The Bertz CT molecular complexity index is 542. The van der Waals surface area contributed by atoms with Crippen LogP contribution in [0.15, 0.2) is 24.3 Å². The van der Waals surface area contributed by atoms with E-state index >= 15 is 0 Å². The van der Waals surface area contributed by atoms with Gasteiger partial charge in [0.15, 0.2) is 0 Å². The Hall–Kier alpha value is -2.35. The molecule has 0 amide bonds. The minimum atomic E-state index is -1.07. The van der Waals surface area contributed by atoms with Gasteiger partial charge in [-0.25, -0.2) is 0 Å². The van der Waals surface area contributed by atoms with Gasteiger partial charge in [-0.1, -0.05) is 31.2 Å². The lowest BCUT2D eigenvalue weighted by molar-refractivity contribution is -0.137. The molecular weight excluding hydrogens is 270 g/mol. The molecule has 0 spiro atoms. The molecule has 1 aromatic carbocycles. The average Bonchev–Trinajstić information content (AvgIpc) is 2.48. The van der Waals surface area contributed by atoms with Gasteiger partial charge >= 0.3 is 11.9 Å². The lowest BCUT2D eigenvalue weighted by Gasteiger charge is -2.28. The first kappa shape index (κ1) is 16.7. The summed E-state index contributed by atoms with van der Waals surface area (Å²) >= 11 is 0. The average molecular weight is 289 g/mol. The van der Waals surface area contributed by atoms with E-state index in [0.717, 1.165) is 11.1 Å². The van der Waals surface area contributed by atoms with E-state index < -0.39 is 17.4 Å². The molecule has 1 rings (SSSR count). The van der Waals surface area contributed by atoms with Crippen molar-refractivity contribution in [1.29, 1.82) is 5.26 Å². The molecular formula is C16H19NO4. The maximum Gasteiger partial charge on any atom is 0.303 e. The minimum Gasteiger partial charge on any atom is -0.481 e. The van der Waals surface area contributed by atoms with E-state index in [9.17, 15) is 14.9 Å². The van der Waals surface area contributed by atoms with Crippen molar-refractivity contribution in [3.63, 3.8) is 0 Å². The van der Waals surface area contributed by atoms with Gasteiger partial charge in [0.1, 0.15) is 0 Å². The van der Waals surface area contributed by atoms with Crippen molar-refractivity contribution < 1.29 is 19.8 Å². The molecule has 1 aromatic rings. The molecule has 0 unspecified atom stereocenters. The zero-order valence-corrected chi connectivity index (χ0v) is 12.0.